The Morgan fingerprint density at radius 1 is 1.29 bits per heavy atom. The first kappa shape index (κ1) is 16.6. The summed E-state index contributed by atoms with van der Waals surface area (Å²) in [4.78, 5) is 2.31. The third-order valence-corrected chi connectivity index (χ3v) is 4.85. The van der Waals surface area contributed by atoms with Crippen LogP contribution >= 0.6 is 0 Å². The van der Waals surface area contributed by atoms with Gasteiger partial charge in [0.1, 0.15) is 11.9 Å². The number of methoxy groups -OCH3 is 1. The van der Waals surface area contributed by atoms with E-state index in [1.807, 2.05) is 30.3 Å². The van der Waals surface area contributed by atoms with E-state index in [-0.39, 0.29) is 0 Å². The van der Waals surface area contributed by atoms with Crippen LogP contribution in [0.5, 0.6) is 5.75 Å². The molecule has 1 N–H and O–H groups in total. The molecule has 0 bridgehead atoms. The summed E-state index contributed by atoms with van der Waals surface area (Å²) in [5.74, 6) is 3.29. The number of nitrogens with zero attached hydrogens (tertiary/aromatic N) is 1. The van der Waals surface area contributed by atoms with Crippen LogP contribution in [0, 0.1) is 12.3 Å². The predicted molar refractivity (Wildman–Crippen MR) is 93.7 cm³/mol. The molecule has 0 radical (unpaired) electrons. The third kappa shape index (κ3) is 3.06. The van der Waals surface area contributed by atoms with Crippen LogP contribution in [-0.2, 0) is 10.2 Å². The number of hydrogen-bond donors (Lipinski definition) is 1. The van der Waals surface area contributed by atoms with Crippen molar-refractivity contribution >= 4 is 0 Å². The van der Waals surface area contributed by atoms with E-state index in [0.717, 1.165) is 37.6 Å². The second-order valence-corrected chi connectivity index (χ2v) is 6.10. The first-order valence-corrected chi connectivity index (χ1v) is 8.20. The van der Waals surface area contributed by atoms with Crippen molar-refractivity contribution in [3.8, 4) is 18.1 Å². The van der Waals surface area contributed by atoms with Gasteiger partial charge in [-0.15, -0.1) is 6.42 Å². The van der Waals surface area contributed by atoms with Gasteiger partial charge in [0.25, 0.3) is 0 Å². The molecular formula is C20H23NO3. The highest BCUT2D eigenvalue weighted by molar-refractivity contribution is 5.44. The Balaban J connectivity index is 1.87. The Kier molecular flexibility index (Phi) is 4.94. The smallest absolute Gasteiger partial charge is 0.127 e. The summed E-state index contributed by atoms with van der Waals surface area (Å²) < 4.78 is 10.6. The standard InChI is InChI=1S/C20H23NO3/c1-3-19(22)20(16-4-6-18(23-2)7-5-16)10-8-17(9-11-20)21-12-14-24-15-13-21/h1,4-10,19,22H,11-15H2,2H3. The summed E-state index contributed by atoms with van der Waals surface area (Å²) in [5.41, 5.74) is 1.56. The zero-order chi connectivity index (χ0) is 17.0. The van der Waals surface area contributed by atoms with Crippen LogP contribution in [0.15, 0.2) is 48.2 Å². The Bertz CT molecular complexity index is 665. The number of ether oxygens (including phenoxy) is 2. The summed E-state index contributed by atoms with van der Waals surface area (Å²) >= 11 is 0. The van der Waals surface area contributed by atoms with Gasteiger partial charge in [-0.3, -0.25) is 0 Å². The number of benzene rings is 1. The van der Waals surface area contributed by atoms with Gasteiger partial charge in [-0.05, 0) is 30.2 Å². The van der Waals surface area contributed by atoms with E-state index in [9.17, 15) is 5.11 Å². The molecule has 2 aliphatic rings. The van der Waals surface area contributed by atoms with E-state index in [0.29, 0.717) is 6.42 Å². The van der Waals surface area contributed by atoms with Gasteiger partial charge < -0.3 is 19.5 Å². The number of hydrogen-bond acceptors (Lipinski definition) is 4. The first-order valence-electron chi connectivity index (χ1n) is 8.20. The van der Waals surface area contributed by atoms with E-state index < -0.39 is 11.5 Å². The molecule has 1 aliphatic carbocycles. The molecule has 1 fully saturated rings. The number of aliphatic hydroxyl groups excluding tert-OH is 1. The Hall–Kier alpha value is -2.22. The zero-order valence-corrected chi connectivity index (χ0v) is 13.9. The minimum atomic E-state index is -0.885. The lowest BCUT2D eigenvalue weighted by atomic mass is 9.71. The number of rotatable bonds is 4. The molecule has 1 heterocycles. The highest BCUT2D eigenvalue weighted by atomic mass is 16.5. The van der Waals surface area contributed by atoms with Crippen LogP contribution < -0.4 is 4.74 Å². The van der Waals surface area contributed by atoms with Gasteiger partial charge in [-0.1, -0.05) is 30.2 Å². The number of morpholine rings is 1. The molecule has 4 nitrogen and oxygen atoms in total. The molecule has 3 rings (SSSR count). The van der Waals surface area contributed by atoms with Crippen molar-refractivity contribution < 1.29 is 14.6 Å². The SMILES string of the molecule is C#CC(O)C1(c2ccc(OC)cc2)C=CC(N2CCOCC2)=CC1. The van der Waals surface area contributed by atoms with E-state index in [1.165, 1.54) is 5.70 Å². The summed E-state index contributed by atoms with van der Waals surface area (Å²) in [5, 5.41) is 10.5. The van der Waals surface area contributed by atoms with Crippen LogP contribution in [0.3, 0.4) is 0 Å². The number of terminal acetylenes is 1. The molecule has 0 spiro atoms. The maximum Gasteiger partial charge on any atom is 0.127 e. The summed E-state index contributed by atoms with van der Waals surface area (Å²) in [6.45, 7) is 3.29. The van der Waals surface area contributed by atoms with E-state index >= 15 is 0 Å². The summed E-state index contributed by atoms with van der Waals surface area (Å²) in [6, 6.07) is 7.74. The normalized spacial score (nSPS) is 24.9. The summed E-state index contributed by atoms with van der Waals surface area (Å²) in [7, 11) is 1.64. The zero-order valence-electron chi connectivity index (χ0n) is 13.9. The molecule has 4 heteroatoms. The average molecular weight is 325 g/mol. The molecule has 0 aromatic heterocycles. The largest absolute Gasteiger partial charge is 0.497 e. The molecule has 24 heavy (non-hydrogen) atoms. The van der Waals surface area contributed by atoms with Gasteiger partial charge in [0.2, 0.25) is 0 Å². The van der Waals surface area contributed by atoms with Crippen molar-refractivity contribution in [2.75, 3.05) is 33.4 Å². The van der Waals surface area contributed by atoms with Crippen LogP contribution in [0.4, 0.5) is 0 Å². The molecule has 1 aromatic carbocycles. The van der Waals surface area contributed by atoms with Crippen molar-refractivity contribution in [2.24, 2.45) is 0 Å². The predicted octanol–water partition coefficient (Wildman–Crippen LogP) is 2.10. The number of aliphatic hydroxyl groups is 1. The second-order valence-electron chi connectivity index (χ2n) is 6.10. The fourth-order valence-electron chi connectivity index (χ4n) is 3.32. The van der Waals surface area contributed by atoms with Gasteiger partial charge >= 0.3 is 0 Å². The van der Waals surface area contributed by atoms with Gasteiger partial charge in [0, 0.05) is 18.8 Å². The molecule has 2 atom stereocenters. The van der Waals surface area contributed by atoms with Crippen LogP contribution in [0.1, 0.15) is 12.0 Å². The van der Waals surface area contributed by atoms with Crippen molar-refractivity contribution in [1.29, 1.82) is 0 Å². The van der Waals surface area contributed by atoms with Crippen LogP contribution in [0.2, 0.25) is 0 Å². The van der Waals surface area contributed by atoms with E-state index in [2.05, 4.69) is 23.0 Å². The lowest BCUT2D eigenvalue weighted by Crippen LogP contribution is -2.40. The fourth-order valence-corrected chi connectivity index (χ4v) is 3.32. The van der Waals surface area contributed by atoms with Gasteiger partial charge in [0.05, 0.1) is 25.7 Å². The maximum atomic E-state index is 10.5. The molecule has 0 saturated carbocycles. The van der Waals surface area contributed by atoms with E-state index in [4.69, 9.17) is 15.9 Å². The van der Waals surface area contributed by atoms with Gasteiger partial charge in [-0.2, -0.15) is 0 Å². The fraction of sp³-hybridized carbons (Fsp3) is 0.400. The van der Waals surface area contributed by atoms with Crippen molar-refractivity contribution in [2.45, 2.75) is 17.9 Å². The Labute approximate surface area is 143 Å². The molecule has 126 valence electrons. The average Bonchev–Trinajstić information content (AvgIpc) is 2.68. The van der Waals surface area contributed by atoms with Gasteiger partial charge in [-0.25, -0.2) is 0 Å². The highest BCUT2D eigenvalue weighted by Gasteiger charge is 2.37. The van der Waals surface area contributed by atoms with E-state index in [1.54, 1.807) is 7.11 Å². The molecule has 1 aromatic rings. The molecule has 0 amide bonds. The maximum absolute atomic E-state index is 10.5. The number of allylic oxidation sites excluding steroid dienone is 2. The van der Waals surface area contributed by atoms with Gasteiger partial charge in [0.15, 0.2) is 0 Å². The monoisotopic (exact) mass is 325 g/mol. The Morgan fingerprint density at radius 3 is 2.54 bits per heavy atom. The third-order valence-electron chi connectivity index (χ3n) is 4.85. The van der Waals surface area contributed by atoms with Crippen LogP contribution in [0.25, 0.3) is 0 Å². The summed E-state index contributed by atoms with van der Waals surface area (Å²) in [6.07, 6.45) is 11.6. The second kappa shape index (κ2) is 7.12. The minimum absolute atomic E-state index is 0.600. The Morgan fingerprint density at radius 2 is 2.00 bits per heavy atom. The highest BCUT2D eigenvalue weighted by Crippen LogP contribution is 2.38. The lowest BCUT2D eigenvalue weighted by Gasteiger charge is -2.38. The molecular weight excluding hydrogens is 302 g/mol. The van der Waals surface area contributed by atoms with Crippen LogP contribution in [-0.4, -0.2) is 49.5 Å². The van der Waals surface area contributed by atoms with Crippen molar-refractivity contribution in [3.63, 3.8) is 0 Å². The van der Waals surface area contributed by atoms with Crippen molar-refractivity contribution in [3.05, 3.63) is 53.8 Å². The lowest BCUT2D eigenvalue weighted by molar-refractivity contribution is 0.0546. The topological polar surface area (TPSA) is 41.9 Å². The molecule has 2 unspecified atom stereocenters. The molecule has 1 aliphatic heterocycles. The van der Waals surface area contributed by atoms with Crippen molar-refractivity contribution in [1.82, 2.24) is 4.90 Å². The molecule has 1 saturated heterocycles. The first-order chi connectivity index (χ1) is 11.7. The quantitative estimate of drug-likeness (QED) is 0.861. The minimum Gasteiger partial charge on any atom is -0.497 e.